The number of hydrogen-bond acceptors (Lipinski definition) is 4. The summed E-state index contributed by atoms with van der Waals surface area (Å²) in [5.74, 6) is 1.78. The SMILES string of the molecule is CCNC(=NCC(C)(C)N1CCOCC1)NCCN1CCCC(C)C1.I. The lowest BCUT2D eigenvalue weighted by atomic mass is 10.0. The lowest BCUT2D eigenvalue weighted by Crippen LogP contribution is -2.52. The molecule has 26 heavy (non-hydrogen) atoms. The van der Waals surface area contributed by atoms with E-state index in [9.17, 15) is 0 Å². The number of guanidine groups is 1. The number of ether oxygens (including phenoxy) is 1. The summed E-state index contributed by atoms with van der Waals surface area (Å²) in [5.41, 5.74) is 0.0639. The van der Waals surface area contributed by atoms with Gasteiger partial charge >= 0.3 is 0 Å². The lowest BCUT2D eigenvalue weighted by molar-refractivity contribution is -0.00683. The fourth-order valence-corrected chi connectivity index (χ4v) is 3.71. The van der Waals surface area contributed by atoms with Gasteiger partial charge < -0.3 is 20.3 Å². The summed E-state index contributed by atoms with van der Waals surface area (Å²) >= 11 is 0. The van der Waals surface area contributed by atoms with Gasteiger partial charge in [0.2, 0.25) is 0 Å². The van der Waals surface area contributed by atoms with E-state index in [-0.39, 0.29) is 29.5 Å². The van der Waals surface area contributed by atoms with E-state index < -0.39 is 0 Å². The maximum Gasteiger partial charge on any atom is 0.191 e. The van der Waals surface area contributed by atoms with Gasteiger partial charge in [0.15, 0.2) is 5.96 Å². The van der Waals surface area contributed by atoms with Crippen molar-refractivity contribution in [1.82, 2.24) is 20.4 Å². The van der Waals surface area contributed by atoms with Crippen molar-refractivity contribution in [2.75, 3.05) is 65.6 Å². The summed E-state index contributed by atoms with van der Waals surface area (Å²) in [7, 11) is 0. The van der Waals surface area contributed by atoms with Gasteiger partial charge in [-0.2, -0.15) is 0 Å². The highest BCUT2D eigenvalue weighted by Crippen LogP contribution is 2.16. The first-order valence-corrected chi connectivity index (χ1v) is 10.1. The molecule has 2 aliphatic rings. The van der Waals surface area contributed by atoms with Gasteiger partial charge in [-0.1, -0.05) is 6.92 Å². The fourth-order valence-electron chi connectivity index (χ4n) is 3.71. The second-order valence-electron chi connectivity index (χ2n) is 8.08. The third kappa shape index (κ3) is 8.27. The number of nitrogens with one attached hydrogen (secondary N) is 2. The molecule has 0 radical (unpaired) electrons. The van der Waals surface area contributed by atoms with Crippen LogP contribution in [0.15, 0.2) is 4.99 Å². The van der Waals surface area contributed by atoms with Crippen molar-refractivity contribution in [2.24, 2.45) is 10.9 Å². The Labute approximate surface area is 177 Å². The van der Waals surface area contributed by atoms with E-state index in [4.69, 9.17) is 9.73 Å². The highest BCUT2D eigenvalue weighted by atomic mass is 127. The Hall–Kier alpha value is -0.120. The van der Waals surface area contributed by atoms with Crippen LogP contribution in [-0.2, 0) is 4.74 Å². The molecule has 2 aliphatic heterocycles. The average molecular weight is 481 g/mol. The maximum atomic E-state index is 5.47. The van der Waals surface area contributed by atoms with Crippen LogP contribution in [-0.4, -0.2) is 86.9 Å². The Bertz CT molecular complexity index is 413. The van der Waals surface area contributed by atoms with Crippen molar-refractivity contribution in [1.29, 1.82) is 0 Å². The standard InChI is InChI=1S/C19H39N5O.HI/c1-5-20-18(21-8-10-23-9-6-7-17(2)15-23)22-16-19(3,4)24-11-13-25-14-12-24;/h17H,5-16H2,1-4H3,(H2,20,21,22);1H. The first kappa shape index (κ1) is 23.9. The number of hydrogen-bond donors (Lipinski definition) is 2. The third-order valence-electron chi connectivity index (χ3n) is 5.30. The van der Waals surface area contributed by atoms with Gasteiger partial charge in [0.25, 0.3) is 0 Å². The molecule has 0 spiro atoms. The number of morpholine rings is 1. The molecule has 2 saturated heterocycles. The predicted octanol–water partition coefficient (Wildman–Crippen LogP) is 2.00. The van der Waals surface area contributed by atoms with E-state index in [0.717, 1.165) is 64.4 Å². The van der Waals surface area contributed by atoms with Crippen molar-refractivity contribution in [2.45, 2.75) is 46.1 Å². The van der Waals surface area contributed by atoms with Gasteiger partial charge in [-0.3, -0.25) is 9.89 Å². The molecule has 0 aliphatic carbocycles. The van der Waals surface area contributed by atoms with E-state index in [1.54, 1.807) is 0 Å². The highest BCUT2D eigenvalue weighted by Gasteiger charge is 2.28. The monoisotopic (exact) mass is 481 g/mol. The highest BCUT2D eigenvalue weighted by molar-refractivity contribution is 14.0. The van der Waals surface area contributed by atoms with E-state index in [1.165, 1.54) is 25.9 Å². The first-order chi connectivity index (χ1) is 12.0. The number of nitrogens with zero attached hydrogens (tertiary/aromatic N) is 3. The quantitative estimate of drug-likeness (QED) is 0.331. The molecule has 0 aromatic carbocycles. The van der Waals surface area contributed by atoms with Crippen LogP contribution >= 0.6 is 24.0 Å². The van der Waals surface area contributed by atoms with Crippen molar-refractivity contribution < 1.29 is 4.74 Å². The topological polar surface area (TPSA) is 52.1 Å². The Morgan fingerprint density at radius 1 is 1.19 bits per heavy atom. The lowest BCUT2D eigenvalue weighted by Gasteiger charge is -2.40. The summed E-state index contributed by atoms with van der Waals surface area (Å²) in [4.78, 5) is 9.91. The molecule has 1 atom stereocenters. The molecule has 2 N–H and O–H groups in total. The van der Waals surface area contributed by atoms with E-state index in [2.05, 4.69) is 48.1 Å². The minimum absolute atomic E-state index is 0. The summed E-state index contributed by atoms with van der Waals surface area (Å²) in [6.07, 6.45) is 2.72. The third-order valence-corrected chi connectivity index (χ3v) is 5.30. The number of rotatable bonds is 7. The summed E-state index contributed by atoms with van der Waals surface area (Å²) in [6, 6.07) is 0. The molecule has 2 fully saturated rings. The largest absolute Gasteiger partial charge is 0.379 e. The summed E-state index contributed by atoms with van der Waals surface area (Å²) < 4.78 is 5.47. The van der Waals surface area contributed by atoms with Crippen LogP contribution in [0.1, 0.15) is 40.5 Å². The number of piperidine rings is 1. The zero-order valence-electron chi connectivity index (χ0n) is 17.2. The van der Waals surface area contributed by atoms with Gasteiger partial charge in [-0.05, 0) is 46.1 Å². The number of halogens is 1. The second kappa shape index (κ2) is 12.4. The van der Waals surface area contributed by atoms with Crippen LogP contribution < -0.4 is 10.6 Å². The normalized spacial score (nSPS) is 23.4. The van der Waals surface area contributed by atoms with Crippen LogP contribution in [0.2, 0.25) is 0 Å². The molecule has 0 aromatic rings. The molecule has 0 saturated carbocycles. The van der Waals surface area contributed by atoms with Crippen LogP contribution in [0.25, 0.3) is 0 Å². The Balaban J connectivity index is 0.00000338. The molecule has 2 heterocycles. The molecule has 7 heteroatoms. The van der Waals surface area contributed by atoms with Crippen LogP contribution in [0, 0.1) is 5.92 Å². The fraction of sp³-hybridized carbons (Fsp3) is 0.947. The Morgan fingerprint density at radius 3 is 2.58 bits per heavy atom. The van der Waals surface area contributed by atoms with Gasteiger partial charge in [-0.25, -0.2) is 0 Å². The van der Waals surface area contributed by atoms with E-state index >= 15 is 0 Å². The van der Waals surface area contributed by atoms with Gasteiger partial charge in [0, 0.05) is 44.8 Å². The van der Waals surface area contributed by atoms with Gasteiger partial charge in [0.1, 0.15) is 0 Å². The number of aliphatic imine (C=N–C) groups is 1. The minimum atomic E-state index is 0. The molecular formula is C19H40IN5O. The zero-order chi connectivity index (χ0) is 18.1. The molecule has 6 nitrogen and oxygen atoms in total. The Morgan fingerprint density at radius 2 is 1.92 bits per heavy atom. The van der Waals surface area contributed by atoms with Gasteiger partial charge in [0.05, 0.1) is 19.8 Å². The molecular weight excluding hydrogens is 441 g/mol. The van der Waals surface area contributed by atoms with Crippen molar-refractivity contribution in [3.05, 3.63) is 0 Å². The minimum Gasteiger partial charge on any atom is -0.379 e. The Kier molecular flexibility index (Phi) is 11.4. The predicted molar refractivity (Wildman–Crippen MR) is 121 cm³/mol. The molecule has 0 aromatic heterocycles. The molecule has 1 unspecified atom stereocenters. The molecule has 0 amide bonds. The average Bonchev–Trinajstić information content (AvgIpc) is 2.60. The summed E-state index contributed by atoms with van der Waals surface area (Å²) in [5, 5.41) is 6.89. The van der Waals surface area contributed by atoms with Crippen molar-refractivity contribution >= 4 is 29.9 Å². The molecule has 2 rings (SSSR count). The maximum absolute atomic E-state index is 5.47. The molecule has 0 bridgehead atoms. The zero-order valence-corrected chi connectivity index (χ0v) is 19.6. The second-order valence-corrected chi connectivity index (χ2v) is 8.08. The van der Waals surface area contributed by atoms with Gasteiger partial charge in [-0.15, -0.1) is 24.0 Å². The van der Waals surface area contributed by atoms with E-state index in [0.29, 0.717) is 0 Å². The smallest absolute Gasteiger partial charge is 0.191 e. The summed E-state index contributed by atoms with van der Waals surface area (Å²) in [6.45, 7) is 18.9. The van der Waals surface area contributed by atoms with Crippen molar-refractivity contribution in [3.8, 4) is 0 Å². The van der Waals surface area contributed by atoms with E-state index in [1.807, 2.05) is 0 Å². The van der Waals surface area contributed by atoms with Crippen LogP contribution in [0.4, 0.5) is 0 Å². The van der Waals surface area contributed by atoms with Crippen LogP contribution in [0.3, 0.4) is 0 Å². The first-order valence-electron chi connectivity index (χ1n) is 10.1. The van der Waals surface area contributed by atoms with Crippen molar-refractivity contribution in [3.63, 3.8) is 0 Å². The van der Waals surface area contributed by atoms with Crippen LogP contribution in [0.5, 0.6) is 0 Å². The molecule has 154 valence electrons. The number of likely N-dealkylation sites (tertiary alicyclic amines) is 1.